The van der Waals surface area contributed by atoms with Gasteiger partial charge in [0.15, 0.2) is 0 Å². The summed E-state index contributed by atoms with van der Waals surface area (Å²) in [5.74, 6) is -0.142. The number of benzene rings is 3. The predicted molar refractivity (Wildman–Crippen MR) is 101 cm³/mol. The molecule has 0 aromatic heterocycles. The number of anilines is 1. The van der Waals surface area contributed by atoms with Crippen LogP contribution in [0.3, 0.4) is 0 Å². The van der Waals surface area contributed by atoms with Gasteiger partial charge in [-0.3, -0.25) is 9.69 Å². The third-order valence-corrected chi connectivity index (χ3v) is 4.46. The zero-order chi connectivity index (χ0) is 18.8. The number of fused-ring (bicyclic) bond motifs is 1. The van der Waals surface area contributed by atoms with Crippen LogP contribution in [0.5, 0.6) is 5.75 Å². The van der Waals surface area contributed by atoms with Crippen molar-refractivity contribution in [3.63, 3.8) is 0 Å². The summed E-state index contributed by atoms with van der Waals surface area (Å²) in [5, 5.41) is 0. The van der Waals surface area contributed by atoms with Crippen molar-refractivity contribution >= 4 is 17.6 Å². The van der Waals surface area contributed by atoms with Crippen molar-refractivity contribution in [3.8, 4) is 5.75 Å². The van der Waals surface area contributed by atoms with Crippen molar-refractivity contribution in [2.45, 2.75) is 6.23 Å². The lowest BCUT2D eigenvalue weighted by atomic mass is 10.0. The number of ether oxygens (including phenoxy) is 2. The van der Waals surface area contributed by atoms with E-state index in [1.54, 1.807) is 55.6 Å². The number of hydrogen-bond acceptors (Lipinski definition) is 4. The first-order valence-electron chi connectivity index (χ1n) is 8.51. The van der Waals surface area contributed by atoms with Gasteiger partial charge in [0.1, 0.15) is 5.75 Å². The van der Waals surface area contributed by atoms with Gasteiger partial charge in [-0.1, -0.05) is 48.5 Å². The molecule has 1 amide bonds. The second-order valence-electron chi connectivity index (χ2n) is 6.09. The van der Waals surface area contributed by atoms with E-state index in [1.165, 1.54) is 4.90 Å². The van der Waals surface area contributed by atoms with Gasteiger partial charge in [-0.05, 0) is 30.3 Å². The third-order valence-electron chi connectivity index (χ3n) is 4.46. The van der Waals surface area contributed by atoms with Gasteiger partial charge in [-0.15, -0.1) is 0 Å². The molecular weight excluding hydrogens is 342 g/mol. The van der Waals surface area contributed by atoms with Gasteiger partial charge in [0.25, 0.3) is 5.91 Å². The Morgan fingerprint density at radius 1 is 0.963 bits per heavy atom. The number of para-hydroxylation sites is 1. The Hall–Kier alpha value is -3.60. The van der Waals surface area contributed by atoms with E-state index in [1.807, 2.05) is 30.3 Å². The quantitative estimate of drug-likeness (QED) is 0.657. The smallest absolute Gasteiger partial charge is 0.342 e. The largest absolute Gasteiger partial charge is 0.497 e. The number of methoxy groups -OCH3 is 1. The minimum absolute atomic E-state index is 0.275. The molecule has 1 atom stereocenters. The van der Waals surface area contributed by atoms with E-state index >= 15 is 0 Å². The topological polar surface area (TPSA) is 55.8 Å². The van der Waals surface area contributed by atoms with Crippen LogP contribution in [0.1, 0.15) is 32.5 Å². The van der Waals surface area contributed by atoms with Crippen molar-refractivity contribution in [2.75, 3.05) is 12.0 Å². The SMILES string of the molecule is COc1cccc(C(=O)N2c3ccccc3C(=O)OC2c2ccccc2)c1. The van der Waals surface area contributed by atoms with Gasteiger partial charge >= 0.3 is 5.97 Å². The van der Waals surface area contributed by atoms with E-state index in [0.29, 0.717) is 22.6 Å². The lowest BCUT2D eigenvalue weighted by Crippen LogP contribution is -2.41. The molecule has 0 radical (unpaired) electrons. The molecule has 0 N–H and O–H groups in total. The predicted octanol–water partition coefficient (Wildman–Crippen LogP) is 4.21. The molecule has 1 aliphatic rings. The molecule has 3 aromatic carbocycles. The van der Waals surface area contributed by atoms with Crippen LogP contribution >= 0.6 is 0 Å². The van der Waals surface area contributed by atoms with Crippen molar-refractivity contribution in [1.82, 2.24) is 0 Å². The highest BCUT2D eigenvalue weighted by molar-refractivity contribution is 6.11. The summed E-state index contributed by atoms with van der Waals surface area (Å²) in [6, 6.07) is 23.1. The van der Waals surface area contributed by atoms with E-state index in [-0.39, 0.29) is 5.91 Å². The number of carbonyl (C=O) groups is 2. The molecule has 0 saturated carbocycles. The molecule has 1 unspecified atom stereocenters. The van der Waals surface area contributed by atoms with Gasteiger partial charge in [-0.2, -0.15) is 0 Å². The fraction of sp³-hybridized carbons (Fsp3) is 0.0909. The van der Waals surface area contributed by atoms with Gasteiger partial charge < -0.3 is 9.47 Å². The van der Waals surface area contributed by atoms with Gasteiger partial charge in [0.05, 0.1) is 18.4 Å². The third kappa shape index (κ3) is 3.04. The van der Waals surface area contributed by atoms with Crippen molar-refractivity contribution < 1.29 is 19.1 Å². The fourth-order valence-corrected chi connectivity index (χ4v) is 3.15. The van der Waals surface area contributed by atoms with Crippen molar-refractivity contribution in [1.29, 1.82) is 0 Å². The highest BCUT2D eigenvalue weighted by atomic mass is 16.6. The summed E-state index contributed by atoms with van der Waals surface area (Å²) in [5.41, 5.74) is 2.05. The van der Waals surface area contributed by atoms with E-state index < -0.39 is 12.2 Å². The standard InChI is InChI=1S/C22H17NO4/c1-26-17-11-7-10-16(14-17)20(24)23-19-13-6-5-12-18(19)22(25)27-21(23)15-8-3-2-4-9-15/h2-14,21H,1H3. The summed E-state index contributed by atoms with van der Waals surface area (Å²) in [6.45, 7) is 0. The Kier molecular flexibility index (Phi) is 4.34. The molecule has 4 rings (SSSR count). The van der Waals surface area contributed by atoms with E-state index in [9.17, 15) is 9.59 Å². The summed E-state index contributed by atoms with van der Waals surface area (Å²) < 4.78 is 10.9. The summed E-state index contributed by atoms with van der Waals surface area (Å²) >= 11 is 0. The number of amides is 1. The summed E-state index contributed by atoms with van der Waals surface area (Å²) in [7, 11) is 1.55. The van der Waals surface area contributed by atoms with Gasteiger partial charge in [0.2, 0.25) is 6.23 Å². The minimum Gasteiger partial charge on any atom is -0.497 e. The zero-order valence-corrected chi connectivity index (χ0v) is 14.7. The fourth-order valence-electron chi connectivity index (χ4n) is 3.15. The van der Waals surface area contributed by atoms with Crippen LogP contribution in [0.4, 0.5) is 5.69 Å². The lowest BCUT2D eigenvalue weighted by molar-refractivity contribution is 0.0249. The van der Waals surface area contributed by atoms with Crippen LogP contribution in [-0.4, -0.2) is 19.0 Å². The highest BCUT2D eigenvalue weighted by Crippen LogP contribution is 2.38. The first kappa shape index (κ1) is 16.8. The maximum atomic E-state index is 13.4. The summed E-state index contributed by atoms with van der Waals surface area (Å²) in [6.07, 6.45) is -0.840. The zero-order valence-electron chi connectivity index (χ0n) is 14.7. The molecule has 0 fully saturated rings. The molecule has 0 aliphatic carbocycles. The number of carbonyl (C=O) groups excluding carboxylic acids is 2. The molecule has 1 aliphatic heterocycles. The Morgan fingerprint density at radius 3 is 2.48 bits per heavy atom. The molecule has 0 saturated heterocycles. The Labute approximate surface area is 156 Å². The molecule has 0 spiro atoms. The molecular formula is C22H17NO4. The Balaban J connectivity index is 1.85. The molecule has 134 valence electrons. The van der Waals surface area contributed by atoms with Crippen LogP contribution in [-0.2, 0) is 4.74 Å². The molecule has 27 heavy (non-hydrogen) atoms. The van der Waals surface area contributed by atoms with Crippen LogP contribution in [0.15, 0.2) is 78.9 Å². The van der Waals surface area contributed by atoms with Crippen LogP contribution in [0.25, 0.3) is 0 Å². The normalized spacial score (nSPS) is 15.7. The van der Waals surface area contributed by atoms with E-state index in [2.05, 4.69) is 0 Å². The van der Waals surface area contributed by atoms with Crippen molar-refractivity contribution in [3.05, 3.63) is 95.6 Å². The van der Waals surface area contributed by atoms with Gasteiger partial charge in [0, 0.05) is 11.1 Å². The average molecular weight is 359 g/mol. The summed E-state index contributed by atoms with van der Waals surface area (Å²) in [4.78, 5) is 27.4. The van der Waals surface area contributed by atoms with Crippen LogP contribution in [0, 0.1) is 0 Å². The minimum atomic E-state index is -0.840. The molecule has 3 aromatic rings. The van der Waals surface area contributed by atoms with E-state index in [4.69, 9.17) is 9.47 Å². The van der Waals surface area contributed by atoms with Gasteiger partial charge in [-0.25, -0.2) is 4.79 Å². The highest BCUT2D eigenvalue weighted by Gasteiger charge is 2.37. The van der Waals surface area contributed by atoms with Crippen molar-refractivity contribution in [2.24, 2.45) is 0 Å². The average Bonchev–Trinajstić information content (AvgIpc) is 2.74. The number of nitrogens with zero attached hydrogens (tertiary/aromatic N) is 1. The van der Waals surface area contributed by atoms with Crippen LogP contribution in [0.2, 0.25) is 0 Å². The maximum absolute atomic E-state index is 13.4. The van der Waals surface area contributed by atoms with Crippen LogP contribution < -0.4 is 9.64 Å². The number of hydrogen-bond donors (Lipinski definition) is 0. The molecule has 1 heterocycles. The number of rotatable bonds is 3. The first-order valence-corrected chi connectivity index (χ1v) is 8.51. The first-order chi connectivity index (χ1) is 13.2. The Morgan fingerprint density at radius 2 is 1.70 bits per heavy atom. The number of esters is 1. The molecule has 5 nitrogen and oxygen atoms in total. The number of cyclic esters (lactones) is 1. The van der Waals surface area contributed by atoms with E-state index in [0.717, 1.165) is 5.56 Å². The monoisotopic (exact) mass is 359 g/mol. The Bertz CT molecular complexity index is 1000. The molecule has 5 heteroatoms. The maximum Gasteiger partial charge on any atom is 0.342 e. The second kappa shape index (κ2) is 6.96. The molecule has 0 bridgehead atoms. The second-order valence-corrected chi connectivity index (χ2v) is 6.09. The lowest BCUT2D eigenvalue weighted by Gasteiger charge is -2.36.